The fraction of sp³-hybridized carbons (Fsp3) is 0.148. The van der Waals surface area contributed by atoms with Crippen LogP contribution in [0.4, 0.5) is 24.7 Å². The fourth-order valence-corrected chi connectivity index (χ4v) is 3.43. The van der Waals surface area contributed by atoms with Crippen LogP contribution in [0.3, 0.4) is 0 Å². The third kappa shape index (κ3) is 7.20. The number of halogens is 3. The van der Waals surface area contributed by atoms with Gasteiger partial charge in [0, 0.05) is 29.8 Å². The molecule has 0 aliphatic rings. The summed E-state index contributed by atoms with van der Waals surface area (Å²) in [5, 5.41) is 6.54. The monoisotopic (exact) mass is 508 g/mol. The van der Waals surface area contributed by atoms with Crippen LogP contribution in [-0.2, 0) is 11.3 Å². The summed E-state index contributed by atoms with van der Waals surface area (Å²) in [6, 6.07) is 19.8. The first-order valence-corrected chi connectivity index (χ1v) is 11.2. The van der Waals surface area contributed by atoms with E-state index in [9.17, 15) is 18.0 Å². The van der Waals surface area contributed by atoms with Gasteiger partial charge in [0.25, 0.3) is 0 Å². The standard InChI is InChI=1S/C27H23F3N4O3/c1-36-23-13-21-22(14-24(23)37-16-27(28,29)30)32-17-33-26(21)34-20-10-7-18(8-11-20)9-12-25(35)31-15-19-5-3-2-4-6-19/h2-14,17H,15-16H2,1H3,(H,31,35)(H,32,33,34). The van der Waals surface area contributed by atoms with Crippen LogP contribution in [0.25, 0.3) is 17.0 Å². The molecule has 0 spiro atoms. The quantitative estimate of drug-likeness (QED) is 0.284. The molecule has 0 aliphatic heterocycles. The zero-order valence-electron chi connectivity index (χ0n) is 19.8. The molecule has 1 amide bonds. The summed E-state index contributed by atoms with van der Waals surface area (Å²) in [7, 11) is 1.34. The Labute approximate surface area is 211 Å². The number of carbonyl (C=O) groups is 1. The fourth-order valence-electron chi connectivity index (χ4n) is 3.43. The van der Waals surface area contributed by atoms with Gasteiger partial charge in [0.05, 0.1) is 12.6 Å². The number of rotatable bonds is 9. The number of methoxy groups -OCH3 is 1. The molecule has 1 heterocycles. The molecule has 190 valence electrons. The third-order valence-electron chi connectivity index (χ3n) is 5.22. The van der Waals surface area contributed by atoms with Gasteiger partial charge in [-0.3, -0.25) is 4.79 Å². The molecule has 0 aliphatic carbocycles. The van der Waals surface area contributed by atoms with Crippen molar-refractivity contribution in [3.8, 4) is 11.5 Å². The number of benzene rings is 3. The molecule has 7 nitrogen and oxygen atoms in total. The van der Waals surface area contributed by atoms with Gasteiger partial charge in [0.1, 0.15) is 12.1 Å². The van der Waals surface area contributed by atoms with E-state index in [1.165, 1.54) is 31.6 Å². The summed E-state index contributed by atoms with van der Waals surface area (Å²) in [4.78, 5) is 20.5. The van der Waals surface area contributed by atoms with E-state index in [1.807, 2.05) is 54.6 Å². The van der Waals surface area contributed by atoms with Gasteiger partial charge >= 0.3 is 6.18 Å². The van der Waals surface area contributed by atoms with Crippen molar-refractivity contribution in [1.82, 2.24) is 15.3 Å². The second kappa shape index (κ2) is 11.4. The zero-order chi connectivity index (χ0) is 26.3. The first kappa shape index (κ1) is 25.5. The predicted octanol–water partition coefficient (Wildman–Crippen LogP) is 5.65. The Kier molecular flexibility index (Phi) is 7.87. The Morgan fingerprint density at radius 1 is 1.00 bits per heavy atom. The molecule has 3 aromatic carbocycles. The maximum absolute atomic E-state index is 12.6. The maximum atomic E-state index is 12.6. The molecule has 37 heavy (non-hydrogen) atoms. The van der Waals surface area contributed by atoms with E-state index in [0.717, 1.165) is 11.1 Å². The van der Waals surface area contributed by atoms with Crippen LogP contribution in [0.1, 0.15) is 11.1 Å². The zero-order valence-corrected chi connectivity index (χ0v) is 19.8. The van der Waals surface area contributed by atoms with Crippen molar-refractivity contribution in [2.24, 2.45) is 0 Å². The van der Waals surface area contributed by atoms with E-state index in [1.54, 1.807) is 6.08 Å². The molecule has 0 unspecified atom stereocenters. The summed E-state index contributed by atoms with van der Waals surface area (Å²) < 4.78 is 47.9. The van der Waals surface area contributed by atoms with Gasteiger partial charge in [-0.2, -0.15) is 13.2 Å². The maximum Gasteiger partial charge on any atom is 0.422 e. The van der Waals surface area contributed by atoms with Crippen LogP contribution in [0.2, 0.25) is 0 Å². The number of fused-ring (bicyclic) bond motifs is 1. The number of hydrogen-bond donors (Lipinski definition) is 2. The van der Waals surface area contributed by atoms with Gasteiger partial charge in [-0.1, -0.05) is 42.5 Å². The van der Waals surface area contributed by atoms with Gasteiger partial charge in [-0.05, 0) is 35.4 Å². The van der Waals surface area contributed by atoms with Crippen LogP contribution >= 0.6 is 0 Å². The van der Waals surface area contributed by atoms with Crippen LogP contribution in [0.5, 0.6) is 11.5 Å². The number of ether oxygens (including phenoxy) is 2. The van der Waals surface area contributed by atoms with Crippen molar-refractivity contribution in [3.05, 3.63) is 90.3 Å². The van der Waals surface area contributed by atoms with Crippen LogP contribution in [0, 0.1) is 0 Å². The summed E-state index contributed by atoms with van der Waals surface area (Å²) in [6.07, 6.45) is -0.00688. The summed E-state index contributed by atoms with van der Waals surface area (Å²) >= 11 is 0. The van der Waals surface area contributed by atoms with Crippen LogP contribution in [-0.4, -0.2) is 35.8 Å². The highest BCUT2D eigenvalue weighted by atomic mass is 19.4. The topological polar surface area (TPSA) is 85.4 Å². The largest absolute Gasteiger partial charge is 0.493 e. The second-order valence-electron chi connectivity index (χ2n) is 7.93. The van der Waals surface area contributed by atoms with E-state index in [-0.39, 0.29) is 17.4 Å². The van der Waals surface area contributed by atoms with Crippen LogP contribution in [0.15, 0.2) is 79.1 Å². The van der Waals surface area contributed by atoms with Crippen molar-refractivity contribution in [2.45, 2.75) is 12.7 Å². The molecule has 0 radical (unpaired) electrons. The Hall–Kier alpha value is -4.60. The van der Waals surface area contributed by atoms with Crippen molar-refractivity contribution >= 4 is 34.4 Å². The lowest BCUT2D eigenvalue weighted by Gasteiger charge is -2.14. The molecule has 4 aromatic rings. The van der Waals surface area contributed by atoms with E-state index in [4.69, 9.17) is 9.47 Å². The molecule has 1 aromatic heterocycles. The number of hydrogen-bond acceptors (Lipinski definition) is 6. The van der Waals surface area contributed by atoms with Crippen molar-refractivity contribution < 1.29 is 27.4 Å². The minimum absolute atomic E-state index is 0.0686. The normalized spacial score (nSPS) is 11.5. The van der Waals surface area contributed by atoms with Gasteiger partial charge < -0.3 is 20.1 Å². The predicted molar refractivity (Wildman–Crippen MR) is 135 cm³/mol. The highest BCUT2D eigenvalue weighted by molar-refractivity contribution is 5.93. The summed E-state index contributed by atoms with van der Waals surface area (Å²) in [5.74, 6) is 0.293. The van der Waals surface area contributed by atoms with E-state index in [2.05, 4.69) is 20.6 Å². The highest BCUT2D eigenvalue weighted by Gasteiger charge is 2.29. The number of amides is 1. The molecule has 4 rings (SSSR count). The molecule has 0 fully saturated rings. The Balaban J connectivity index is 1.43. The smallest absolute Gasteiger partial charge is 0.422 e. The first-order valence-electron chi connectivity index (χ1n) is 11.2. The van der Waals surface area contributed by atoms with E-state index >= 15 is 0 Å². The van der Waals surface area contributed by atoms with Crippen molar-refractivity contribution in [1.29, 1.82) is 0 Å². The first-order chi connectivity index (χ1) is 17.8. The molecule has 2 N–H and O–H groups in total. The van der Waals surface area contributed by atoms with Gasteiger partial charge in [-0.15, -0.1) is 0 Å². The Morgan fingerprint density at radius 2 is 1.76 bits per heavy atom. The lowest BCUT2D eigenvalue weighted by atomic mass is 10.1. The molecule has 0 bridgehead atoms. The Morgan fingerprint density at radius 3 is 2.46 bits per heavy atom. The SMILES string of the molecule is COc1cc2c(Nc3ccc(C=CC(=O)NCc4ccccc4)cc3)ncnc2cc1OCC(F)(F)F. The van der Waals surface area contributed by atoms with Crippen molar-refractivity contribution in [3.63, 3.8) is 0 Å². The van der Waals surface area contributed by atoms with E-state index < -0.39 is 12.8 Å². The lowest BCUT2D eigenvalue weighted by Crippen LogP contribution is -2.20. The molecule has 0 saturated carbocycles. The van der Waals surface area contributed by atoms with Gasteiger partial charge in [0.15, 0.2) is 18.1 Å². The minimum atomic E-state index is -4.48. The minimum Gasteiger partial charge on any atom is -0.493 e. The summed E-state index contributed by atoms with van der Waals surface area (Å²) in [6.45, 7) is -0.999. The molecular weight excluding hydrogens is 485 g/mol. The number of nitrogens with one attached hydrogen (secondary N) is 2. The number of nitrogens with zero attached hydrogens (tertiary/aromatic N) is 2. The van der Waals surface area contributed by atoms with Crippen LogP contribution < -0.4 is 20.1 Å². The number of carbonyl (C=O) groups excluding carboxylic acids is 1. The molecule has 0 saturated heterocycles. The van der Waals surface area contributed by atoms with Gasteiger partial charge in [0.2, 0.25) is 5.91 Å². The number of anilines is 2. The number of alkyl halides is 3. The molecule has 10 heteroatoms. The van der Waals surface area contributed by atoms with Crippen molar-refractivity contribution in [2.75, 3.05) is 19.0 Å². The Bertz CT molecular complexity index is 1390. The average Bonchev–Trinajstić information content (AvgIpc) is 2.90. The second-order valence-corrected chi connectivity index (χ2v) is 7.93. The van der Waals surface area contributed by atoms with Gasteiger partial charge in [-0.25, -0.2) is 9.97 Å². The molecule has 0 atom stereocenters. The molecular formula is C27H23F3N4O3. The third-order valence-corrected chi connectivity index (χ3v) is 5.22. The highest BCUT2D eigenvalue weighted by Crippen LogP contribution is 2.35. The average molecular weight is 509 g/mol. The lowest BCUT2D eigenvalue weighted by molar-refractivity contribution is -0.153. The van der Waals surface area contributed by atoms with E-state index in [0.29, 0.717) is 29.0 Å². The summed E-state index contributed by atoms with van der Waals surface area (Å²) in [5.41, 5.74) is 2.93. The number of aromatic nitrogens is 2.